The minimum atomic E-state index is -0.729. The van der Waals surface area contributed by atoms with E-state index in [2.05, 4.69) is 5.32 Å². The van der Waals surface area contributed by atoms with Crippen molar-refractivity contribution in [1.82, 2.24) is 4.90 Å². The van der Waals surface area contributed by atoms with Gasteiger partial charge in [-0.25, -0.2) is 0 Å². The molecule has 28 heavy (non-hydrogen) atoms. The number of hydrogen-bond donors (Lipinski definition) is 2. The average molecular weight is 394 g/mol. The highest BCUT2D eigenvalue weighted by Gasteiger charge is 2.22. The lowest BCUT2D eigenvalue weighted by molar-refractivity contribution is -0.144. The zero-order chi connectivity index (χ0) is 19.9. The summed E-state index contributed by atoms with van der Waals surface area (Å²) in [5.41, 5.74) is 8.38. The number of nitrogen functional groups attached to an aromatic ring is 1. The highest BCUT2D eigenvalue weighted by molar-refractivity contribution is 6.39. The Morgan fingerprint density at radius 1 is 0.857 bits per heavy atom. The lowest BCUT2D eigenvalue weighted by Gasteiger charge is -2.22. The lowest BCUT2D eigenvalue weighted by atomic mass is 10.1. The van der Waals surface area contributed by atoms with E-state index in [0.29, 0.717) is 29.5 Å². The third kappa shape index (κ3) is 5.11. The van der Waals surface area contributed by atoms with Crippen LogP contribution in [0, 0.1) is 0 Å². The van der Waals surface area contributed by atoms with Crippen LogP contribution in [-0.2, 0) is 22.7 Å². The van der Waals surface area contributed by atoms with Crippen LogP contribution >= 0.6 is 11.6 Å². The van der Waals surface area contributed by atoms with Crippen LogP contribution in [0.25, 0.3) is 0 Å². The topological polar surface area (TPSA) is 75.4 Å². The molecule has 5 nitrogen and oxygen atoms in total. The van der Waals surface area contributed by atoms with Crippen LogP contribution < -0.4 is 11.1 Å². The number of nitrogens with zero attached hydrogens (tertiary/aromatic N) is 1. The molecule has 0 radical (unpaired) electrons. The highest BCUT2D eigenvalue weighted by Crippen LogP contribution is 2.22. The first-order valence-electron chi connectivity index (χ1n) is 8.76. The van der Waals surface area contributed by atoms with Crippen LogP contribution in [0.1, 0.15) is 11.1 Å². The molecule has 0 saturated heterocycles. The van der Waals surface area contributed by atoms with E-state index in [9.17, 15) is 9.59 Å². The molecule has 0 unspecified atom stereocenters. The van der Waals surface area contributed by atoms with Crippen molar-refractivity contribution in [2.24, 2.45) is 0 Å². The third-order valence-electron chi connectivity index (χ3n) is 4.17. The first-order valence-corrected chi connectivity index (χ1v) is 9.14. The van der Waals surface area contributed by atoms with Crippen molar-refractivity contribution in [2.45, 2.75) is 13.1 Å². The summed E-state index contributed by atoms with van der Waals surface area (Å²) in [7, 11) is 0. The second-order valence-corrected chi connectivity index (χ2v) is 6.73. The van der Waals surface area contributed by atoms with Gasteiger partial charge in [-0.3, -0.25) is 9.59 Å². The monoisotopic (exact) mass is 393 g/mol. The van der Waals surface area contributed by atoms with Gasteiger partial charge in [0.25, 0.3) is 0 Å². The molecule has 3 rings (SSSR count). The summed E-state index contributed by atoms with van der Waals surface area (Å²) in [6.45, 7) is 0.648. The second-order valence-electron chi connectivity index (χ2n) is 6.32. The van der Waals surface area contributed by atoms with Crippen LogP contribution in [0.5, 0.6) is 0 Å². The molecule has 3 aromatic rings. The van der Waals surface area contributed by atoms with Crippen molar-refractivity contribution in [2.75, 3.05) is 11.1 Å². The first-order chi connectivity index (χ1) is 13.5. The van der Waals surface area contributed by atoms with Gasteiger partial charge in [0.2, 0.25) is 0 Å². The largest absolute Gasteiger partial charge is 0.398 e. The Morgan fingerprint density at radius 3 is 1.89 bits per heavy atom. The van der Waals surface area contributed by atoms with Crippen molar-refractivity contribution in [1.29, 1.82) is 0 Å². The Hall–Kier alpha value is -3.31. The van der Waals surface area contributed by atoms with Crippen LogP contribution in [0.15, 0.2) is 78.9 Å². The van der Waals surface area contributed by atoms with Gasteiger partial charge in [0, 0.05) is 18.8 Å². The molecule has 0 spiro atoms. The van der Waals surface area contributed by atoms with Crippen molar-refractivity contribution in [3.63, 3.8) is 0 Å². The third-order valence-corrected chi connectivity index (χ3v) is 4.50. The van der Waals surface area contributed by atoms with Gasteiger partial charge in [-0.1, -0.05) is 72.3 Å². The van der Waals surface area contributed by atoms with Gasteiger partial charge in [-0.05, 0) is 29.3 Å². The predicted molar refractivity (Wildman–Crippen MR) is 112 cm³/mol. The molecule has 2 amide bonds. The maximum atomic E-state index is 12.9. The average Bonchev–Trinajstić information content (AvgIpc) is 2.71. The fraction of sp³-hybridized carbons (Fsp3) is 0.0909. The molecule has 0 fully saturated rings. The van der Waals surface area contributed by atoms with Gasteiger partial charge in [-0.2, -0.15) is 0 Å². The van der Waals surface area contributed by atoms with Gasteiger partial charge in [-0.15, -0.1) is 0 Å². The standard InChI is InChI=1S/C22H20ClN3O2/c23-19-13-18(11-12-20(19)24)25-21(27)22(28)26(14-16-7-3-1-4-8-16)15-17-9-5-2-6-10-17/h1-13H,14-15,24H2,(H,25,27). The molecule has 142 valence electrons. The molecule has 0 aliphatic rings. The summed E-state index contributed by atoms with van der Waals surface area (Å²) in [6.07, 6.45) is 0. The van der Waals surface area contributed by atoms with Crippen molar-refractivity contribution >= 4 is 34.8 Å². The van der Waals surface area contributed by atoms with Gasteiger partial charge in [0.05, 0.1) is 10.7 Å². The summed E-state index contributed by atoms with van der Waals surface area (Å²) in [6, 6.07) is 23.8. The number of halogens is 1. The Morgan fingerprint density at radius 2 is 1.39 bits per heavy atom. The molecular formula is C22H20ClN3O2. The van der Waals surface area contributed by atoms with E-state index in [1.54, 1.807) is 12.1 Å². The fourth-order valence-corrected chi connectivity index (χ4v) is 2.92. The first kappa shape index (κ1) is 19.5. The van der Waals surface area contributed by atoms with Gasteiger partial charge < -0.3 is 16.0 Å². The van der Waals surface area contributed by atoms with Crippen molar-refractivity contribution in [3.8, 4) is 0 Å². The molecule has 0 atom stereocenters. The van der Waals surface area contributed by atoms with Crippen LogP contribution in [0.3, 0.4) is 0 Å². The highest BCUT2D eigenvalue weighted by atomic mass is 35.5. The van der Waals surface area contributed by atoms with Crippen LogP contribution in [-0.4, -0.2) is 16.7 Å². The van der Waals surface area contributed by atoms with E-state index in [1.165, 1.54) is 11.0 Å². The number of hydrogen-bond acceptors (Lipinski definition) is 3. The quantitative estimate of drug-likeness (QED) is 0.506. The molecule has 6 heteroatoms. The van der Waals surface area contributed by atoms with E-state index in [1.807, 2.05) is 60.7 Å². The summed E-state index contributed by atoms with van der Waals surface area (Å²) in [5, 5.41) is 2.91. The maximum Gasteiger partial charge on any atom is 0.313 e. The molecule has 0 aliphatic carbocycles. The number of nitrogens with one attached hydrogen (secondary N) is 1. The summed E-state index contributed by atoms with van der Waals surface area (Å²) in [5.74, 6) is -1.35. The Bertz CT molecular complexity index is 921. The van der Waals surface area contributed by atoms with E-state index < -0.39 is 11.8 Å². The molecule has 3 N–H and O–H groups in total. The van der Waals surface area contributed by atoms with Crippen LogP contribution in [0.2, 0.25) is 5.02 Å². The number of anilines is 2. The van der Waals surface area contributed by atoms with Crippen molar-refractivity contribution < 1.29 is 9.59 Å². The zero-order valence-electron chi connectivity index (χ0n) is 15.1. The zero-order valence-corrected chi connectivity index (χ0v) is 15.9. The van der Waals surface area contributed by atoms with E-state index >= 15 is 0 Å². The Balaban J connectivity index is 1.78. The molecule has 3 aromatic carbocycles. The van der Waals surface area contributed by atoms with Gasteiger partial charge in [0.1, 0.15) is 0 Å². The summed E-state index contributed by atoms with van der Waals surface area (Å²) in [4.78, 5) is 26.9. The lowest BCUT2D eigenvalue weighted by Crippen LogP contribution is -2.38. The molecule has 0 heterocycles. The Kier molecular flexibility index (Phi) is 6.29. The van der Waals surface area contributed by atoms with E-state index in [-0.39, 0.29) is 0 Å². The number of carbonyl (C=O) groups excluding carboxylic acids is 2. The van der Waals surface area contributed by atoms with Crippen LogP contribution in [0.4, 0.5) is 11.4 Å². The predicted octanol–water partition coefficient (Wildman–Crippen LogP) is 4.09. The summed E-state index contributed by atoms with van der Waals surface area (Å²) < 4.78 is 0. The number of nitrogens with two attached hydrogens (primary N) is 1. The van der Waals surface area contributed by atoms with E-state index in [4.69, 9.17) is 17.3 Å². The van der Waals surface area contributed by atoms with E-state index in [0.717, 1.165) is 11.1 Å². The van der Waals surface area contributed by atoms with Gasteiger partial charge >= 0.3 is 11.8 Å². The fourth-order valence-electron chi connectivity index (χ4n) is 2.74. The molecular weight excluding hydrogens is 374 g/mol. The smallest absolute Gasteiger partial charge is 0.313 e. The van der Waals surface area contributed by atoms with Gasteiger partial charge in [0.15, 0.2) is 0 Å². The second kappa shape index (κ2) is 9.06. The SMILES string of the molecule is Nc1ccc(NC(=O)C(=O)N(Cc2ccccc2)Cc2ccccc2)cc1Cl. The summed E-state index contributed by atoms with van der Waals surface area (Å²) >= 11 is 5.98. The molecule has 0 aliphatic heterocycles. The molecule has 0 aromatic heterocycles. The number of amides is 2. The minimum absolute atomic E-state index is 0.315. The number of carbonyl (C=O) groups is 2. The molecule has 0 saturated carbocycles. The van der Waals surface area contributed by atoms with Crippen molar-refractivity contribution in [3.05, 3.63) is 95.0 Å². The normalized spacial score (nSPS) is 10.3. The maximum absolute atomic E-state index is 12.9. The molecule has 0 bridgehead atoms. The minimum Gasteiger partial charge on any atom is -0.398 e. The number of rotatable bonds is 5. The number of benzene rings is 3. The Labute approximate surface area is 168 Å².